The summed E-state index contributed by atoms with van der Waals surface area (Å²) >= 11 is 0. The molecule has 0 N–H and O–H groups in total. The molecule has 0 amide bonds. The van der Waals surface area contributed by atoms with Gasteiger partial charge in [0, 0.05) is 26.2 Å². The number of nitrogens with zero attached hydrogens (tertiary/aromatic N) is 6. The van der Waals surface area contributed by atoms with E-state index in [9.17, 15) is 0 Å². The lowest BCUT2D eigenvalue weighted by Gasteiger charge is -2.33. The van der Waals surface area contributed by atoms with Crippen LogP contribution in [-0.4, -0.2) is 59.6 Å². The second-order valence-electron chi connectivity index (χ2n) is 6.74. The Hall–Kier alpha value is -2.28. The normalized spacial score (nSPS) is 21.4. The van der Waals surface area contributed by atoms with Crippen LogP contribution in [0.25, 0.3) is 0 Å². The second-order valence-corrected chi connectivity index (χ2v) is 6.74. The Morgan fingerprint density at radius 3 is 2.60 bits per heavy atom. The lowest BCUT2D eigenvalue weighted by Crippen LogP contribution is -2.37. The van der Waals surface area contributed by atoms with E-state index in [2.05, 4.69) is 42.1 Å². The summed E-state index contributed by atoms with van der Waals surface area (Å²) < 4.78 is 5.39. The van der Waals surface area contributed by atoms with Crippen molar-refractivity contribution in [2.24, 2.45) is 5.92 Å². The monoisotopic (exact) mass is 340 g/mol. The van der Waals surface area contributed by atoms with Crippen molar-refractivity contribution in [3.8, 4) is 0 Å². The van der Waals surface area contributed by atoms with E-state index in [4.69, 9.17) is 4.74 Å². The van der Waals surface area contributed by atoms with Crippen LogP contribution in [0.2, 0.25) is 0 Å². The van der Waals surface area contributed by atoms with Gasteiger partial charge in [-0.3, -0.25) is 0 Å². The van der Waals surface area contributed by atoms with E-state index in [1.165, 1.54) is 12.8 Å². The van der Waals surface area contributed by atoms with E-state index in [0.29, 0.717) is 5.92 Å². The number of piperidine rings is 1. The maximum Gasteiger partial charge on any atom is 0.151 e. The fraction of sp³-hybridized carbons (Fsp3) is 0.556. The molecular weight excluding hydrogens is 316 g/mol. The molecule has 0 aliphatic carbocycles. The van der Waals surface area contributed by atoms with Crippen molar-refractivity contribution in [3.05, 3.63) is 36.5 Å². The van der Waals surface area contributed by atoms with Gasteiger partial charge in [-0.2, -0.15) is 5.10 Å². The molecule has 0 bridgehead atoms. The van der Waals surface area contributed by atoms with Gasteiger partial charge in [-0.25, -0.2) is 9.97 Å². The molecule has 2 aromatic heterocycles. The molecule has 4 heterocycles. The second kappa shape index (κ2) is 7.74. The first-order valence-corrected chi connectivity index (χ1v) is 9.04. The largest absolute Gasteiger partial charge is 0.378 e. The highest BCUT2D eigenvalue weighted by Gasteiger charge is 2.21. The summed E-state index contributed by atoms with van der Waals surface area (Å²) in [5.41, 5.74) is 2.19. The van der Waals surface area contributed by atoms with E-state index in [0.717, 1.165) is 63.0 Å². The zero-order chi connectivity index (χ0) is 16.9. The zero-order valence-electron chi connectivity index (χ0n) is 14.4. The molecule has 0 unspecified atom stereocenters. The topological polar surface area (TPSA) is 67.3 Å². The van der Waals surface area contributed by atoms with Gasteiger partial charge in [0.1, 0.15) is 6.33 Å². The van der Waals surface area contributed by atoms with Crippen LogP contribution < -0.4 is 9.80 Å². The van der Waals surface area contributed by atoms with Crippen LogP contribution in [0.3, 0.4) is 0 Å². The third-order valence-corrected chi connectivity index (χ3v) is 4.97. The van der Waals surface area contributed by atoms with Crippen LogP contribution in [0.1, 0.15) is 18.5 Å². The number of morpholine rings is 1. The highest BCUT2D eigenvalue weighted by Crippen LogP contribution is 2.24. The number of hydrogen-bond donors (Lipinski definition) is 0. The van der Waals surface area contributed by atoms with Gasteiger partial charge in [-0.15, -0.1) is 5.10 Å². The third kappa shape index (κ3) is 4.04. The van der Waals surface area contributed by atoms with Crippen LogP contribution in [0.15, 0.2) is 30.9 Å². The molecule has 2 saturated heterocycles. The first-order chi connectivity index (χ1) is 12.4. The molecule has 2 fully saturated rings. The summed E-state index contributed by atoms with van der Waals surface area (Å²) in [4.78, 5) is 12.9. The van der Waals surface area contributed by atoms with E-state index >= 15 is 0 Å². The maximum atomic E-state index is 5.39. The van der Waals surface area contributed by atoms with Gasteiger partial charge in [-0.1, -0.05) is 0 Å². The summed E-state index contributed by atoms with van der Waals surface area (Å²) in [6, 6.07) is 4.22. The molecule has 25 heavy (non-hydrogen) atoms. The quantitative estimate of drug-likeness (QED) is 0.837. The Morgan fingerprint density at radius 2 is 1.84 bits per heavy atom. The lowest BCUT2D eigenvalue weighted by atomic mass is 9.93. The van der Waals surface area contributed by atoms with Gasteiger partial charge in [0.15, 0.2) is 5.82 Å². The molecule has 0 spiro atoms. The van der Waals surface area contributed by atoms with E-state index < -0.39 is 0 Å². The molecule has 7 heteroatoms. The van der Waals surface area contributed by atoms with Crippen molar-refractivity contribution < 1.29 is 4.74 Å². The SMILES string of the molecule is c1ncc(N2CCC[C@@H](Cc3ccc(N4CCOCC4)nn3)C2)cn1. The van der Waals surface area contributed by atoms with Gasteiger partial charge in [0.25, 0.3) is 0 Å². The van der Waals surface area contributed by atoms with Crippen molar-refractivity contribution in [2.45, 2.75) is 19.3 Å². The number of anilines is 2. The van der Waals surface area contributed by atoms with Crippen molar-refractivity contribution in [1.29, 1.82) is 0 Å². The van der Waals surface area contributed by atoms with Crippen LogP contribution >= 0.6 is 0 Å². The molecule has 0 saturated carbocycles. The zero-order valence-corrected chi connectivity index (χ0v) is 14.4. The Morgan fingerprint density at radius 1 is 1.00 bits per heavy atom. The first-order valence-electron chi connectivity index (χ1n) is 9.04. The fourth-order valence-corrected chi connectivity index (χ4v) is 3.64. The minimum Gasteiger partial charge on any atom is -0.378 e. The molecule has 0 radical (unpaired) electrons. The smallest absolute Gasteiger partial charge is 0.151 e. The van der Waals surface area contributed by atoms with Crippen LogP contribution in [0.4, 0.5) is 11.5 Å². The molecule has 4 rings (SSSR count). The van der Waals surface area contributed by atoms with Crippen LogP contribution in [-0.2, 0) is 11.2 Å². The van der Waals surface area contributed by atoms with Crippen LogP contribution in [0.5, 0.6) is 0 Å². The first kappa shape index (κ1) is 16.2. The average Bonchev–Trinajstić information content (AvgIpc) is 2.70. The number of hydrogen-bond acceptors (Lipinski definition) is 7. The summed E-state index contributed by atoms with van der Waals surface area (Å²) in [7, 11) is 0. The molecule has 2 aromatic rings. The van der Waals surface area contributed by atoms with Crippen LogP contribution in [0, 0.1) is 5.92 Å². The predicted molar refractivity (Wildman–Crippen MR) is 95.7 cm³/mol. The predicted octanol–water partition coefficient (Wildman–Crippen LogP) is 1.56. The molecule has 0 aromatic carbocycles. The van der Waals surface area contributed by atoms with Gasteiger partial charge in [0.2, 0.25) is 0 Å². The Bertz CT molecular complexity index is 659. The Labute approximate surface area is 148 Å². The molecular formula is C18H24N6O. The minimum absolute atomic E-state index is 0.595. The Balaban J connectivity index is 1.36. The van der Waals surface area contributed by atoms with Crippen molar-refractivity contribution >= 4 is 11.5 Å². The van der Waals surface area contributed by atoms with E-state index in [-0.39, 0.29) is 0 Å². The molecule has 2 aliphatic rings. The molecule has 2 aliphatic heterocycles. The van der Waals surface area contributed by atoms with E-state index in [1.54, 1.807) is 6.33 Å². The molecule has 7 nitrogen and oxygen atoms in total. The number of rotatable bonds is 4. The number of aromatic nitrogens is 4. The fourth-order valence-electron chi connectivity index (χ4n) is 3.64. The summed E-state index contributed by atoms with van der Waals surface area (Å²) in [6.45, 7) is 5.43. The van der Waals surface area contributed by atoms with Crippen molar-refractivity contribution in [2.75, 3.05) is 49.2 Å². The Kier molecular flexibility index (Phi) is 5.01. The van der Waals surface area contributed by atoms with Gasteiger partial charge < -0.3 is 14.5 Å². The van der Waals surface area contributed by atoms with Gasteiger partial charge in [0.05, 0.1) is 37.0 Å². The third-order valence-electron chi connectivity index (χ3n) is 4.97. The lowest BCUT2D eigenvalue weighted by molar-refractivity contribution is 0.122. The standard InChI is InChI=1S/C18H24N6O/c1-2-15(13-24(5-1)17-11-19-14-20-12-17)10-16-3-4-18(22-21-16)23-6-8-25-9-7-23/h3-4,11-12,14-15H,1-2,5-10,13H2/t15-/m0/s1. The van der Waals surface area contributed by atoms with Gasteiger partial charge in [-0.05, 0) is 37.3 Å². The average molecular weight is 340 g/mol. The number of ether oxygens (including phenoxy) is 1. The highest BCUT2D eigenvalue weighted by molar-refractivity contribution is 5.42. The summed E-state index contributed by atoms with van der Waals surface area (Å²) in [5, 5.41) is 8.90. The highest BCUT2D eigenvalue weighted by atomic mass is 16.5. The molecule has 132 valence electrons. The van der Waals surface area contributed by atoms with Crippen molar-refractivity contribution in [1.82, 2.24) is 20.2 Å². The molecule has 1 atom stereocenters. The van der Waals surface area contributed by atoms with E-state index in [1.807, 2.05) is 12.4 Å². The summed E-state index contributed by atoms with van der Waals surface area (Å²) in [5.74, 6) is 1.55. The van der Waals surface area contributed by atoms with Crippen molar-refractivity contribution in [3.63, 3.8) is 0 Å². The summed E-state index contributed by atoms with van der Waals surface area (Å²) in [6.07, 6.45) is 8.77. The maximum absolute atomic E-state index is 5.39. The minimum atomic E-state index is 0.595. The van der Waals surface area contributed by atoms with Gasteiger partial charge >= 0.3 is 0 Å².